The Hall–Kier alpha value is -3.94. The van der Waals surface area contributed by atoms with Gasteiger partial charge < -0.3 is 15.1 Å². The minimum Gasteiger partial charge on any atom is -0.447 e. The van der Waals surface area contributed by atoms with E-state index < -0.39 is 0 Å². The molecule has 1 atom stereocenters. The smallest absolute Gasteiger partial charge is 0.270 e. The fourth-order valence-corrected chi connectivity index (χ4v) is 3.99. The Morgan fingerprint density at radius 1 is 1.19 bits per heavy atom. The molecule has 0 fully saturated rings. The first-order chi connectivity index (χ1) is 15.1. The zero-order valence-corrected chi connectivity index (χ0v) is 17.0. The molecule has 0 aliphatic heterocycles. The van der Waals surface area contributed by atoms with E-state index in [0.29, 0.717) is 17.1 Å². The third kappa shape index (κ3) is 3.68. The van der Waals surface area contributed by atoms with Crippen molar-refractivity contribution in [1.29, 1.82) is 0 Å². The lowest BCUT2D eigenvalue weighted by molar-refractivity contribution is 0.0927. The lowest BCUT2D eigenvalue weighted by Crippen LogP contribution is -2.28. The summed E-state index contributed by atoms with van der Waals surface area (Å²) in [4.78, 5) is 33.7. The number of imidazole rings is 1. The highest BCUT2D eigenvalue weighted by molar-refractivity contribution is 5.95. The molecule has 8 nitrogen and oxygen atoms in total. The molecular formula is C23H21N5O3. The Morgan fingerprint density at radius 3 is 2.94 bits per heavy atom. The Bertz CT molecular complexity index is 1280. The predicted octanol–water partition coefficient (Wildman–Crippen LogP) is 2.98. The molecule has 0 unspecified atom stereocenters. The van der Waals surface area contributed by atoms with Gasteiger partial charge in [0.25, 0.3) is 11.8 Å². The highest BCUT2D eigenvalue weighted by atomic mass is 16.3. The molecule has 1 aromatic carbocycles. The van der Waals surface area contributed by atoms with Gasteiger partial charge in [-0.2, -0.15) is 0 Å². The van der Waals surface area contributed by atoms with Crippen LogP contribution in [-0.2, 0) is 13.0 Å². The summed E-state index contributed by atoms with van der Waals surface area (Å²) in [5, 5.41) is 5.92. The minimum absolute atomic E-state index is 0.0951. The van der Waals surface area contributed by atoms with Crippen molar-refractivity contribution in [2.75, 3.05) is 0 Å². The number of oxazole rings is 1. The zero-order valence-electron chi connectivity index (χ0n) is 17.0. The Morgan fingerprint density at radius 2 is 2.10 bits per heavy atom. The van der Waals surface area contributed by atoms with Gasteiger partial charge in [-0.15, -0.1) is 0 Å². The van der Waals surface area contributed by atoms with Gasteiger partial charge in [-0.3, -0.25) is 14.0 Å². The van der Waals surface area contributed by atoms with E-state index in [2.05, 4.69) is 20.6 Å². The van der Waals surface area contributed by atoms with Crippen LogP contribution in [0.4, 0.5) is 0 Å². The second kappa shape index (κ2) is 7.71. The Kier molecular flexibility index (Phi) is 4.74. The molecule has 2 N–H and O–H groups in total. The van der Waals surface area contributed by atoms with Crippen LogP contribution in [0.2, 0.25) is 0 Å². The van der Waals surface area contributed by atoms with Gasteiger partial charge in [-0.1, -0.05) is 12.1 Å². The van der Waals surface area contributed by atoms with Gasteiger partial charge in [-0.05, 0) is 54.7 Å². The number of nitrogens with one attached hydrogen (secondary N) is 2. The largest absolute Gasteiger partial charge is 0.447 e. The molecule has 1 aliphatic carbocycles. The topological polar surface area (TPSA) is 102 Å². The number of aromatic nitrogens is 3. The first-order valence-corrected chi connectivity index (χ1v) is 10.1. The average Bonchev–Trinajstić information content (AvgIpc) is 3.51. The molecule has 3 heterocycles. The summed E-state index contributed by atoms with van der Waals surface area (Å²) in [5.74, 6) is 0.109. The van der Waals surface area contributed by atoms with Gasteiger partial charge in [0.1, 0.15) is 17.6 Å². The minimum atomic E-state index is -0.186. The van der Waals surface area contributed by atoms with Crippen molar-refractivity contribution in [1.82, 2.24) is 25.0 Å². The number of amides is 2. The van der Waals surface area contributed by atoms with Crippen LogP contribution in [0.15, 0.2) is 59.6 Å². The van der Waals surface area contributed by atoms with Crippen LogP contribution in [0.1, 0.15) is 55.9 Å². The lowest BCUT2D eigenvalue weighted by atomic mass is 10.0. The second-order valence-corrected chi connectivity index (χ2v) is 7.66. The van der Waals surface area contributed by atoms with Gasteiger partial charge in [-0.25, -0.2) is 9.97 Å². The Balaban J connectivity index is 1.29. The molecule has 0 saturated carbocycles. The lowest BCUT2D eigenvalue weighted by Gasteiger charge is -2.14. The number of rotatable bonds is 5. The molecule has 156 valence electrons. The van der Waals surface area contributed by atoms with Crippen LogP contribution in [-0.4, -0.2) is 26.2 Å². The van der Waals surface area contributed by atoms with Crippen LogP contribution in [0.25, 0.3) is 5.65 Å². The summed E-state index contributed by atoms with van der Waals surface area (Å²) in [5.41, 5.74) is 5.00. The van der Waals surface area contributed by atoms with Crippen molar-refractivity contribution in [3.63, 3.8) is 0 Å². The molecule has 31 heavy (non-hydrogen) atoms. The van der Waals surface area contributed by atoms with Crippen molar-refractivity contribution in [3.05, 3.63) is 89.0 Å². The number of aryl methyl sites for hydroxylation is 2. The maximum absolute atomic E-state index is 12.9. The first-order valence-electron chi connectivity index (χ1n) is 10.1. The maximum Gasteiger partial charge on any atom is 0.270 e. The van der Waals surface area contributed by atoms with E-state index in [0.717, 1.165) is 35.2 Å². The van der Waals surface area contributed by atoms with Crippen molar-refractivity contribution in [2.24, 2.45) is 0 Å². The van der Waals surface area contributed by atoms with E-state index in [4.69, 9.17) is 4.42 Å². The quantitative estimate of drug-likeness (QED) is 0.522. The zero-order chi connectivity index (χ0) is 21.4. The van der Waals surface area contributed by atoms with Gasteiger partial charge in [0, 0.05) is 11.8 Å². The summed E-state index contributed by atoms with van der Waals surface area (Å²) in [6, 6.07) is 9.37. The van der Waals surface area contributed by atoms with Crippen LogP contribution < -0.4 is 10.6 Å². The van der Waals surface area contributed by atoms with E-state index in [1.165, 1.54) is 6.26 Å². The molecule has 0 saturated heterocycles. The fourth-order valence-electron chi connectivity index (χ4n) is 3.99. The molecule has 5 rings (SSSR count). The summed E-state index contributed by atoms with van der Waals surface area (Å²) >= 11 is 0. The number of benzene rings is 1. The maximum atomic E-state index is 12.9. The second-order valence-electron chi connectivity index (χ2n) is 7.66. The third-order valence-electron chi connectivity index (χ3n) is 5.56. The summed E-state index contributed by atoms with van der Waals surface area (Å²) < 4.78 is 6.94. The number of hydrogen-bond donors (Lipinski definition) is 2. The average molecular weight is 415 g/mol. The van der Waals surface area contributed by atoms with Crippen LogP contribution >= 0.6 is 0 Å². The van der Waals surface area contributed by atoms with E-state index >= 15 is 0 Å². The highest BCUT2D eigenvalue weighted by Crippen LogP contribution is 2.32. The molecule has 1 aliphatic rings. The van der Waals surface area contributed by atoms with Gasteiger partial charge >= 0.3 is 0 Å². The molecule has 0 radical (unpaired) electrons. The Labute approximate surface area is 178 Å². The first kappa shape index (κ1) is 19.0. The monoisotopic (exact) mass is 415 g/mol. The van der Waals surface area contributed by atoms with E-state index in [9.17, 15) is 9.59 Å². The normalized spacial score (nSPS) is 15.1. The van der Waals surface area contributed by atoms with E-state index in [1.807, 2.05) is 41.8 Å². The number of hydrogen-bond acceptors (Lipinski definition) is 5. The van der Waals surface area contributed by atoms with E-state index in [1.54, 1.807) is 18.5 Å². The van der Waals surface area contributed by atoms with Crippen LogP contribution in [0.5, 0.6) is 0 Å². The number of carbonyl (C=O) groups excluding carboxylic acids is 2. The van der Waals surface area contributed by atoms with Crippen LogP contribution in [0.3, 0.4) is 0 Å². The van der Waals surface area contributed by atoms with Crippen molar-refractivity contribution >= 4 is 17.5 Å². The third-order valence-corrected chi connectivity index (χ3v) is 5.56. The molecule has 0 spiro atoms. The number of carbonyl (C=O) groups is 2. The number of pyridine rings is 1. The highest BCUT2D eigenvalue weighted by Gasteiger charge is 2.26. The summed E-state index contributed by atoms with van der Waals surface area (Å²) in [6.45, 7) is 2.22. The van der Waals surface area contributed by atoms with E-state index in [-0.39, 0.29) is 24.4 Å². The molecule has 3 aromatic heterocycles. The summed E-state index contributed by atoms with van der Waals surface area (Å²) in [6.07, 6.45) is 8.11. The standard InChI is InChI=1S/C23H21N5O3/c1-14-2-7-20-25-11-19(28(20)13-14)23(30)27-18-6-4-15-10-16(3-5-17(15)18)22(29)26-12-21-24-8-9-31-21/h2-3,5,7-11,13,18H,4,6,12H2,1H3,(H,26,29)(H,27,30)/t18-/m1/s1. The summed E-state index contributed by atoms with van der Waals surface area (Å²) in [7, 11) is 0. The fraction of sp³-hybridized carbons (Fsp3) is 0.217. The van der Waals surface area contributed by atoms with Crippen molar-refractivity contribution in [3.8, 4) is 0 Å². The SMILES string of the molecule is Cc1ccc2ncc(C(=O)N[C@@H]3CCc4cc(C(=O)NCc5ncco5)ccc43)n2c1. The van der Waals surface area contributed by atoms with Gasteiger partial charge in [0.2, 0.25) is 5.89 Å². The van der Waals surface area contributed by atoms with Gasteiger partial charge in [0.05, 0.1) is 25.0 Å². The van der Waals surface area contributed by atoms with Crippen molar-refractivity contribution in [2.45, 2.75) is 32.4 Å². The molecule has 2 amide bonds. The molecule has 0 bridgehead atoms. The van der Waals surface area contributed by atoms with Crippen LogP contribution in [0, 0.1) is 6.92 Å². The number of nitrogens with zero attached hydrogens (tertiary/aromatic N) is 3. The molecule has 8 heteroatoms. The molecule has 4 aromatic rings. The molecular weight excluding hydrogens is 394 g/mol. The predicted molar refractivity (Wildman–Crippen MR) is 113 cm³/mol. The van der Waals surface area contributed by atoms with Crippen molar-refractivity contribution < 1.29 is 14.0 Å². The van der Waals surface area contributed by atoms with Gasteiger partial charge in [0.15, 0.2) is 0 Å². The number of fused-ring (bicyclic) bond motifs is 2.